The summed E-state index contributed by atoms with van der Waals surface area (Å²) in [6, 6.07) is -0.774. The Hall–Kier alpha value is -1.80. The van der Waals surface area contributed by atoms with Crippen LogP contribution in [0.5, 0.6) is 0 Å². The molecule has 134 valence electrons. The van der Waals surface area contributed by atoms with E-state index in [1.807, 2.05) is 6.92 Å². The molecule has 8 heteroatoms. The van der Waals surface area contributed by atoms with Gasteiger partial charge in [0.1, 0.15) is 12.1 Å². The molecule has 1 aromatic rings. The van der Waals surface area contributed by atoms with Crippen LogP contribution in [0.15, 0.2) is 6.20 Å². The summed E-state index contributed by atoms with van der Waals surface area (Å²) in [6.07, 6.45) is 1.30. The summed E-state index contributed by atoms with van der Waals surface area (Å²) >= 11 is 1.08. The summed E-state index contributed by atoms with van der Waals surface area (Å²) in [4.78, 5) is 40.2. The molecule has 0 spiro atoms. The summed E-state index contributed by atoms with van der Waals surface area (Å²) in [5.41, 5.74) is -0.622. The molecule has 2 atom stereocenters. The number of hydrogen-bond acceptors (Lipinski definition) is 6. The first kappa shape index (κ1) is 20.2. The molecule has 3 N–H and O–H groups in total. The first-order chi connectivity index (χ1) is 11.1. The highest BCUT2D eigenvalue weighted by Crippen LogP contribution is 2.20. The Morgan fingerprint density at radius 2 is 1.92 bits per heavy atom. The molecule has 7 nitrogen and oxygen atoms in total. The number of rotatable bonds is 7. The maximum atomic E-state index is 12.4. The second-order valence-corrected chi connectivity index (χ2v) is 7.72. The molecule has 0 aromatic carbocycles. The fraction of sp³-hybridized carbons (Fsp3) is 0.625. The van der Waals surface area contributed by atoms with Crippen LogP contribution >= 0.6 is 11.3 Å². The average molecular weight is 355 g/mol. The molecular weight excluding hydrogens is 330 g/mol. The molecule has 1 heterocycles. The number of nitrogens with zero attached hydrogens (tertiary/aromatic N) is 1. The van der Waals surface area contributed by atoms with E-state index in [4.69, 9.17) is 0 Å². The standard InChI is InChI=1S/C16H25N3O4S/c1-6-7-10(18-14(23)12(21)16(3,4)5)13(22)19-15-17-8-11(24-15)9(2)20/h8,10,12,21H,6-7H2,1-5H3,(H,18,23)(H,17,19,22)/t10-,12+/m0/s1. The van der Waals surface area contributed by atoms with Gasteiger partial charge in [0, 0.05) is 6.92 Å². The van der Waals surface area contributed by atoms with Crippen LogP contribution in [0, 0.1) is 5.41 Å². The lowest BCUT2D eigenvalue weighted by Gasteiger charge is -2.26. The number of amides is 2. The number of nitrogens with one attached hydrogen (secondary N) is 2. The third-order valence-corrected chi connectivity index (χ3v) is 4.38. The Morgan fingerprint density at radius 1 is 1.29 bits per heavy atom. The molecule has 0 bridgehead atoms. The maximum absolute atomic E-state index is 12.4. The van der Waals surface area contributed by atoms with E-state index in [9.17, 15) is 19.5 Å². The molecule has 24 heavy (non-hydrogen) atoms. The van der Waals surface area contributed by atoms with E-state index in [0.29, 0.717) is 22.9 Å². The monoisotopic (exact) mass is 355 g/mol. The lowest BCUT2D eigenvalue weighted by molar-refractivity contribution is -0.137. The van der Waals surface area contributed by atoms with E-state index in [-0.39, 0.29) is 5.78 Å². The van der Waals surface area contributed by atoms with Gasteiger partial charge in [-0.3, -0.25) is 14.4 Å². The summed E-state index contributed by atoms with van der Waals surface area (Å²) in [5, 5.41) is 15.5. The molecule has 0 unspecified atom stereocenters. The van der Waals surface area contributed by atoms with Crippen LogP contribution in [0.25, 0.3) is 0 Å². The number of carbonyl (C=O) groups is 3. The first-order valence-electron chi connectivity index (χ1n) is 7.82. The quantitative estimate of drug-likeness (QED) is 0.648. The van der Waals surface area contributed by atoms with Gasteiger partial charge < -0.3 is 15.7 Å². The molecule has 0 saturated carbocycles. The predicted molar refractivity (Wildman–Crippen MR) is 93.0 cm³/mol. The third kappa shape index (κ3) is 5.68. The highest BCUT2D eigenvalue weighted by molar-refractivity contribution is 7.17. The summed E-state index contributed by atoms with van der Waals surface area (Å²) in [6.45, 7) is 8.54. The molecule has 0 aliphatic carbocycles. The van der Waals surface area contributed by atoms with Crippen molar-refractivity contribution < 1.29 is 19.5 Å². The van der Waals surface area contributed by atoms with E-state index in [0.717, 1.165) is 11.3 Å². The summed E-state index contributed by atoms with van der Waals surface area (Å²) in [7, 11) is 0. The number of Topliss-reactive ketones (excluding diaryl/α,β-unsaturated/α-hetero) is 1. The van der Waals surface area contributed by atoms with E-state index in [1.165, 1.54) is 13.1 Å². The first-order valence-corrected chi connectivity index (χ1v) is 8.64. The Balaban J connectivity index is 2.77. The van der Waals surface area contributed by atoms with Crippen molar-refractivity contribution in [3.63, 3.8) is 0 Å². The topological polar surface area (TPSA) is 108 Å². The zero-order valence-corrected chi connectivity index (χ0v) is 15.5. The van der Waals surface area contributed by atoms with Crippen molar-refractivity contribution in [3.8, 4) is 0 Å². The van der Waals surface area contributed by atoms with Crippen LogP contribution in [-0.4, -0.2) is 39.8 Å². The molecule has 1 aromatic heterocycles. The van der Waals surface area contributed by atoms with Crippen LogP contribution in [-0.2, 0) is 9.59 Å². The van der Waals surface area contributed by atoms with Gasteiger partial charge in [0.25, 0.3) is 0 Å². The molecule has 1 rings (SSSR count). The van der Waals surface area contributed by atoms with E-state index in [1.54, 1.807) is 20.8 Å². The summed E-state index contributed by atoms with van der Waals surface area (Å²) in [5.74, 6) is -1.13. The van der Waals surface area contributed by atoms with Crippen molar-refractivity contribution in [2.24, 2.45) is 5.41 Å². The number of hydrogen-bond donors (Lipinski definition) is 3. The van der Waals surface area contributed by atoms with Crippen molar-refractivity contribution in [1.82, 2.24) is 10.3 Å². The number of carbonyl (C=O) groups excluding carboxylic acids is 3. The average Bonchev–Trinajstić information content (AvgIpc) is 2.93. The molecule has 0 aliphatic rings. The van der Waals surface area contributed by atoms with Gasteiger partial charge in [-0.15, -0.1) is 0 Å². The fourth-order valence-electron chi connectivity index (χ4n) is 1.89. The van der Waals surface area contributed by atoms with Crippen molar-refractivity contribution in [1.29, 1.82) is 0 Å². The Labute approximate surface area is 145 Å². The second kappa shape index (κ2) is 8.34. The van der Waals surface area contributed by atoms with Crippen molar-refractivity contribution >= 4 is 34.1 Å². The Kier molecular flexibility index (Phi) is 7.04. The van der Waals surface area contributed by atoms with Crippen molar-refractivity contribution in [3.05, 3.63) is 11.1 Å². The lowest BCUT2D eigenvalue weighted by atomic mass is 9.88. The zero-order valence-electron chi connectivity index (χ0n) is 14.7. The van der Waals surface area contributed by atoms with Gasteiger partial charge in [-0.2, -0.15) is 0 Å². The highest BCUT2D eigenvalue weighted by atomic mass is 32.1. The zero-order chi connectivity index (χ0) is 18.5. The minimum Gasteiger partial charge on any atom is -0.383 e. The van der Waals surface area contributed by atoms with Gasteiger partial charge >= 0.3 is 0 Å². The predicted octanol–water partition coefficient (Wildman–Crippen LogP) is 1.98. The fourth-order valence-corrected chi connectivity index (χ4v) is 2.60. The third-order valence-electron chi connectivity index (χ3n) is 3.36. The van der Waals surface area contributed by atoms with Gasteiger partial charge in [0.2, 0.25) is 11.8 Å². The number of aliphatic hydroxyl groups excluding tert-OH is 1. The van der Waals surface area contributed by atoms with E-state index >= 15 is 0 Å². The minimum absolute atomic E-state index is 0.125. The van der Waals surface area contributed by atoms with Crippen molar-refractivity contribution in [2.75, 3.05) is 5.32 Å². The minimum atomic E-state index is -1.21. The van der Waals surface area contributed by atoms with Crippen LogP contribution in [0.3, 0.4) is 0 Å². The number of ketones is 1. The molecule has 0 fully saturated rings. The largest absolute Gasteiger partial charge is 0.383 e. The molecule has 0 saturated heterocycles. The normalized spacial score (nSPS) is 13.9. The Bertz CT molecular complexity index is 607. The second-order valence-electron chi connectivity index (χ2n) is 6.69. The number of thiazole rings is 1. The smallest absolute Gasteiger partial charge is 0.250 e. The van der Waals surface area contributed by atoms with Crippen LogP contribution in [0.2, 0.25) is 0 Å². The van der Waals surface area contributed by atoms with Crippen LogP contribution < -0.4 is 10.6 Å². The number of anilines is 1. The SMILES string of the molecule is CCC[C@H](NC(=O)[C@@H](O)C(C)(C)C)C(=O)Nc1ncc(C(C)=O)s1. The Morgan fingerprint density at radius 3 is 2.38 bits per heavy atom. The molecule has 0 aliphatic heterocycles. The van der Waals surface area contributed by atoms with Gasteiger partial charge in [-0.25, -0.2) is 4.98 Å². The highest BCUT2D eigenvalue weighted by Gasteiger charge is 2.31. The molecule has 0 radical (unpaired) electrons. The lowest BCUT2D eigenvalue weighted by Crippen LogP contribution is -2.50. The molecular formula is C16H25N3O4S. The maximum Gasteiger partial charge on any atom is 0.250 e. The van der Waals surface area contributed by atoms with Crippen LogP contribution in [0.4, 0.5) is 5.13 Å². The van der Waals surface area contributed by atoms with E-state index < -0.39 is 29.4 Å². The molecule has 2 amide bonds. The summed E-state index contributed by atoms with van der Waals surface area (Å²) < 4.78 is 0. The van der Waals surface area contributed by atoms with E-state index in [2.05, 4.69) is 15.6 Å². The van der Waals surface area contributed by atoms with Gasteiger partial charge in [-0.1, -0.05) is 45.5 Å². The van der Waals surface area contributed by atoms with Gasteiger partial charge in [-0.05, 0) is 11.8 Å². The number of aliphatic hydroxyl groups is 1. The van der Waals surface area contributed by atoms with Gasteiger partial charge in [0.05, 0.1) is 11.1 Å². The van der Waals surface area contributed by atoms with Crippen molar-refractivity contribution in [2.45, 2.75) is 59.6 Å². The van der Waals surface area contributed by atoms with Gasteiger partial charge in [0.15, 0.2) is 10.9 Å². The number of aromatic nitrogens is 1. The van der Waals surface area contributed by atoms with Crippen LogP contribution in [0.1, 0.15) is 57.1 Å².